The number of rotatable bonds is 6. The molecule has 0 unspecified atom stereocenters. The zero-order chi connectivity index (χ0) is 14.6. The molecule has 0 aromatic carbocycles. The fourth-order valence-electron chi connectivity index (χ4n) is 1.14. The molecule has 0 aliphatic heterocycles. The Morgan fingerprint density at radius 2 is 2.21 bits per heavy atom. The zero-order valence-electron chi connectivity index (χ0n) is 9.34. The molecule has 0 fully saturated rings. The Bertz CT molecular complexity index is 509. The van der Waals surface area contributed by atoms with Gasteiger partial charge in [0.05, 0.1) is 23.9 Å². The fourth-order valence-corrected chi connectivity index (χ4v) is 1.14. The van der Waals surface area contributed by atoms with Gasteiger partial charge in [0.15, 0.2) is 6.20 Å². The lowest BCUT2D eigenvalue weighted by atomic mass is 10.2. The summed E-state index contributed by atoms with van der Waals surface area (Å²) in [5, 5.41) is 29.7. The van der Waals surface area contributed by atoms with Crippen molar-refractivity contribution < 1.29 is 28.7 Å². The number of nitro groups is 1. The Balaban J connectivity index is 3.01. The maximum absolute atomic E-state index is 12.8. The Hall–Kier alpha value is -2.36. The number of carbonyl (C=O) groups is 1. The van der Waals surface area contributed by atoms with E-state index in [1.165, 1.54) is 0 Å². The Labute approximate surface area is 104 Å². The van der Waals surface area contributed by atoms with Crippen LogP contribution in [0.3, 0.4) is 0 Å². The average molecular weight is 277 g/mol. The Kier molecular flexibility index (Phi) is 4.27. The summed E-state index contributed by atoms with van der Waals surface area (Å²) in [5.41, 5.74) is -0.860. The summed E-state index contributed by atoms with van der Waals surface area (Å²) < 4.78 is 25.6. The monoisotopic (exact) mass is 277 g/mol. The highest BCUT2D eigenvalue weighted by atomic mass is 19.3. The van der Waals surface area contributed by atoms with Crippen LogP contribution in [0, 0.1) is 10.1 Å². The molecule has 19 heavy (non-hydrogen) atoms. The first-order chi connectivity index (χ1) is 8.76. The first-order valence-corrected chi connectivity index (χ1v) is 4.87. The van der Waals surface area contributed by atoms with Crippen LogP contribution in [0.25, 0.3) is 0 Å². The molecule has 0 atom stereocenters. The number of carboxylic acid groups (broad SMARTS) is 1. The molecule has 0 radical (unpaired) electrons. The summed E-state index contributed by atoms with van der Waals surface area (Å²) in [5.74, 6) is -5.69. The molecule has 0 saturated heterocycles. The molecule has 1 aromatic rings. The minimum absolute atomic E-state index is 0.300. The van der Waals surface area contributed by atoms with Crippen molar-refractivity contribution in [1.29, 1.82) is 0 Å². The number of pyridine rings is 1. The molecule has 8 nitrogen and oxygen atoms in total. The van der Waals surface area contributed by atoms with Crippen molar-refractivity contribution in [2.45, 2.75) is 5.92 Å². The van der Waals surface area contributed by atoms with Crippen molar-refractivity contribution >= 4 is 17.5 Å². The van der Waals surface area contributed by atoms with Gasteiger partial charge < -0.3 is 25.6 Å². The number of aromatic carboxylic acids is 1. The Morgan fingerprint density at radius 1 is 1.58 bits per heavy atom. The molecule has 104 valence electrons. The summed E-state index contributed by atoms with van der Waals surface area (Å²) in [7, 11) is 0. The third kappa shape index (κ3) is 3.81. The van der Waals surface area contributed by atoms with Crippen molar-refractivity contribution in [2.75, 3.05) is 18.5 Å². The van der Waals surface area contributed by atoms with E-state index in [1.54, 1.807) is 0 Å². The molecule has 0 spiro atoms. The first kappa shape index (κ1) is 14.7. The van der Waals surface area contributed by atoms with Gasteiger partial charge in [-0.3, -0.25) is 0 Å². The van der Waals surface area contributed by atoms with Crippen LogP contribution in [0.5, 0.6) is 0 Å². The first-order valence-electron chi connectivity index (χ1n) is 4.87. The standard InChI is InChI=1S/C9H9F2N3O5/c10-9(11,4-15)3-13-6-2-12-7(14(18)19)1-5(6)8(16)17/h1-2,13,15H,3-4H2,(H,16,17). The molecular formula is C9H9F2N3O5. The van der Waals surface area contributed by atoms with E-state index in [0.717, 1.165) is 6.20 Å². The number of nitrogens with one attached hydrogen (secondary N) is 1. The molecule has 1 heterocycles. The van der Waals surface area contributed by atoms with E-state index in [1.807, 2.05) is 0 Å². The summed E-state index contributed by atoms with van der Waals surface area (Å²) in [6.07, 6.45) is 0.773. The topological polar surface area (TPSA) is 126 Å². The van der Waals surface area contributed by atoms with Gasteiger partial charge >= 0.3 is 11.8 Å². The summed E-state index contributed by atoms with van der Waals surface area (Å²) in [4.78, 5) is 23.7. The van der Waals surface area contributed by atoms with E-state index in [0.29, 0.717) is 6.07 Å². The maximum Gasteiger partial charge on any atom is 0.364 e. The maximum atomic E-state index is 12.8. The lowest BCUT2D eigenvalue weighted by Gasteiger charge is -2.15. The second kappa shape index (κ2) is 5.52. The number of anilines is 1. The van der Waals surface area contributed by atoms with Crippen LogP contribution in [0.2, 0.25) is 0 Å². The van der Waals surface area contributed by atoms with Crippen molar-refractivity contribution in [3.05, 3.63) is 27.9 Å². The van der Waals surface area contributed by atoms with Gasteiger partial charge in [-0.2, -0.15) is 0 Å². The molecule has 10 heteroatoms. The number of aliphatic hydroxyl groups excluding tert-OH is 1. The smallest absolute Gasteiger partial charge is 0.364 e. The van der Waals surface area contributed by atoms with Gasteiger partial charge in [-0.05, 0) is 9.91 Å². The van der Waals surface area contributed by atoms with E-state index >= 15 is 0 Å². The minimum Gasteiger partial charge on any atom is -0.478 e. The van der Waals surface area contributed by atoms with Gasteiger partial charge in [0, 0.05) is 0 Å². The van der Waals surface area contributed by atoms with E-state index < -0.39 is 41.3 Å². The summed E-state index contributed by atoms with van der Waals surface area (Å²) in [6, 6.07) is 0.655. The molecular weight excluding hydrogens is 268 g/mol. The second-order valence-electron chi connectivity index (χ2n) is 3.52. The SMILES string of the molecule is O=C(O)c1cc([N+](=O)[O-])ncc1NCC(F)(F)CO. The summed E-state index contributed by atoms with van der Waals surface area (Å²) in [6.45, 7) is -2.44. The van der Waals surface area contributed by atoms with Gasteiger partial charge in [-0.25, -0.2) is 13.6 Å². The highest BCUT2D eigenvalue weighted by Crippen LogP contribution is 2.21. The molecule has 0 aliphatic rings. The Morgan fingerprint density at radius 3 is 2.68 bits per heavy atom. The van der Waals surface area contributed by atoms with Crippen LogP contribution >= 0.6 is 0 Å². The summed E-state index contributed by atoms with van der Waals surface area (Å²) >= 11 is 0. The molecule has 0 aliphatic carbocycles. The normalized spacial score (nSPS) is 11.1. The number of carboxylic acids is 1. The van der Waals surface area contributed by atoms with Gasteiger partial charge in [-0.15, -0.1) is 0 Å². The van der Waals surface area contributed by atoms with Crippen molar-refractivity contribution in [3.8, 4) is 0 Å². The van der Waals surface area contributed by atoms with Crippen LogP contribution in [-0.4, -0.2) is 45.2 Å². The minimum atomic E-state index is -3.45. The number of aliphatic hydroxyl groups is 1. The number of halogens is 2. The third-order valence-electron chi connectivity index (χ3n) is 2.08. The van der Waals surface area contributed by atoms with Gasteiger partial charge in [0.2, 0.25) is 0 Å². The highest BCUT2D eigenvalue weighted by Gasteiger charge is 2.28. The van der Waals surface area contributed by atoms with Crippen LogP contribution in [-0.2, 0) is 0 Å². The molecule has 1 rings (SSSR count). The molecule has 0 bridgehead atoms. The van der Waals surface area contributed by atoms with E-state index in [2.05, 4.69) is 10.3 Å². The van der Waals surface area contributed by atoms with Crippen LogP contribution in [0.4, 0.5) is 20.3 Å². The predicted octanol–water partition coefficient (Wildman–Crippen LogP) is 0.728. The lowest BCUT2D eigenvalue weighted by Crippen LogP contribution is -2.31. The van der Waals surface area contributed by atoms with Crippen molar-refractivity contribution in [1.82, 2.24) is 4.98 Å². The van der Waals surface area contributed by atoms with Crippen molar-refractivity contribution in [3.63, 3.8) is 0 Å². The second-order valence-corrected chi connectivity index (χ2v) is 3.52. The fraction of sp³-hybridized carbons (Fsp3) is 0.333. The molecule has 0 saturated carbocycles. The van der Waals surface area contributed by atoms with Gasteiger partial charge in [0.1, 0.15) is 6.61 Å². The van der Waals surface area contributed by atoms with Crippen LogP contribution < -0.4 is 5.32 Å². The molecule has 1 aromatic heterocycles. The highest BCUT2D eigenvalue weighted by molar-refractivity contribution is 5.94. The lowest BCUT2D eigenvalue weighted by molar-refractivity contribution is -0.389. The quantitative estimate of drug-likeness (QED) is 0.516. The van der Waals surface area contributed by atoms with Crippen molar-refractivity contribution in [2.24, 2.45) is 0 Å². The third-order valence-corrected chi connectivity index (χ3v) is 2.08. The predicted molar refractivity (Wildman–Crippen MR) is 58.4 cm³/mol. The van der Waals surface area contributed by atoms with Crippen LogP contribution in [0.1, 0.15) is 10.4 Å². The zero-order valence-corrected chi connectivity index (χ0v) is 9.34. The molecule has 0 amide bonds. The van der Waals surface area contributed by atoms with E-state index in [9.17, 15) is 23.7 Å². The van der Waals surface area contributed by atoms with Gasteiger partial charge in [0.25, 0.3) is 5.92 Å². The number of aromatic nitrogens is 1. The number of alkyl halides is 2. The van der Waals surface area contributed by atoms with Gasteiger partial charge in [-0.1, -0.05) is 0 Å². The van der Waals surface area contributed by atoms with E-state index in [-0.39, 0.29) is 5.69 Å². The largest absolute Gasteiger partial charge is 0.478 e. The van der Waals surface area contributed by atoms with Crippen LogP contribution in [0.15, 0.2) is 12.3 Å². The number of hydrogen-bond donors (Lipinski definition) is 3. The van der Waals surface area contributed by atoms with E-state index in [4.69, 9.17) is 10.2 Å². The number of nitrogens with zero attached hydrogens (tertiary/aromatic N) is 2. The average Bonchev–Trinajstić information content (AvgIpc) is 2.36. The number of hydrogen-bond acceptors (Lipinski definition) is 6. The molecule has 3 N–H and O–H groups in total.